The predicted molar refractivity (Wildman–Crippen MR) is 89.4 cm³/mol. The van der Waals surface area contributed by atoms with Crippen molar-refractivity contribution in [3.8, 4) is 11.5 Å². The van der Waals surface area contributed by atoms with Gasteiger partial charge in [0, 0.05) is 12.5 Å². The lowest BCUT2D eigenvalue weighted by atomic mass is 9.99. The number of carbonyl (C=O) groups excluding carboxylic acids is 2. The van der Waals surface area contributed by atoms with Crippen molar-refractivity contribution in [1.82, 2.24) is 0 Å². The van der Waals surface area contributed by atoms with Crippen LogP contribution < -0.4 is 0 Å². The number of fused-ring (bicyclic) bond motifs is 2. The Hall–Kier alpha value is -2.34. The number of phenolic OH excluding ortho intramolecular Hbond substituents is 2. The Kier molecular flexibility index (Phi) is 4.56. The van der Waals surface area contributed by atoms with Crippen molar-refractivity contribution in [3.63, 3.8) is 0 Å². The molecule has 1 aliphatic carbocycles. The highest BCUT2D eigenvalue weighted by Crippen LogP contribution is 2.50. The van der Waals surface area contributed by atoms with Crippen LogP contribution in [-0.4, -0.2) is 38.8 Å². The van der Waals surface area contributed by atoms with Crippen molar-refractivity contribution in [1.29, 1.82) is 0 Å². The lowest BCUT2D eigenvalue weighted by Crippen LogP contribution is -2.20. The molecule has 25 heavy (non-hydrogen) atoms. The summed E-state index contributed by atoms with van der Waals surface area (Å²) in [5.74, 6) is -1.58. The second-order valence-corrected chi connectivity index (χ2v) is 7.04. The van der Waals surface area contributed by atoms with Crippen molar-refractivity contribution in [2.24, 2.45) is 5.92 Å². The Bertz CT molecular complexity index is 738. The zero-order valence-electron chi connectivity index (χ0n) is 14.1. The number of carbonyl (C=O) groups is 2. The van der Waals surface area contributed by atoms with Crippen molar-refractivity contribution >= 4 is 11.8 Å². The van der Waals surface area contributed by atoms with Gasteiger partial charge in [0.2, 0.25) is 0 Å². The lowest BCUT2D eigenvalue weighted by molar-refractivity contribution is -0.114. The first kappa shape index (κ1) is 17.5. The van der Waals surface area contributed by atoms with E-state index in [9.17, 15) is 24.9 Å². The van der Waals surface area contributed by atoms with Crippen LogP contribution in [0.15, 0.2) is 24.3 Å². The molecule has 3 N–H and O–H groups in total. The van der Waals surface area contributed by atoms with Gasteiger partial charge in [-0.05, 0) is 56.2 Å². The van der Waals surface area contributed by atoms with Gasteiger partial charge in [-0.3, -0.25) is 4.79 Å². The normalized spacial score (nSPS) is 31.3. The van der Waals surface area contributed by atoms with Crippen LogP contribution in [0.1, 0.15) is 48.5 Å². The van der Waals surface area contributed by atoms with E-state index in [1.807, 2.05) is 0 Å². The van der Waals surface area contributed by atoms with Crippen molar-refractivity contribution in [3.05, 3.63) is 35.4 Å². The van der Waals surface area contributed by atoms with E-state index in [1.54, 1.807) is 13.0 Å². The third-order valence-electron chi connectivity index (χ3n) is 4.92. The zero-order valence-corrected chi connectivity index (χ0v) is 14.1. The highest BCUT2D eigenvalue weighted by atomic mass is 16.5. The van der Waals surface area contributed by atoms with E-state index in [2.05, 4.69) is 0 Å². The molecule has 0 amide bonds. The van der Waals surface area contributed by atoms with Crippen LogP contribution in [0.3, 0.4) is 0 Å². The maximum absolute atomic E-state index is 12.5. The predicted octanol–water partition coefficient (Wildman–Crippen LogP) is 2.25. The summed E-state index contributed by atoms with van der Waals surface area (Å²) in [7, 11) is 0. The second-order valence-electron chi connectivity index (χ2n) is 7.04. The number of hydrogen-bond donors (Lipinski definition) is 3. The summed E-state index contributed by atoms with van der Waals surface area (Å²) >= 11 is 0. The van der Waals surface area contributed by atoms with Gasteiger partial charge in [-0.2, -0.15) is 0 Å². The molecular formula is C19H22O6. The summed E-state index contributed by atoms with van der Waals surface area (Å²) in [6, 6.07) is 2.34. The first-order valence-corrected chi connectivity index (χ1v) is 8.46. The first-order valence-electron chi connectivity index (χ1n) is 8.46. The van der Waals surface area contributed by atoms with Gasteiger partial charge in [-0.1, -0.05) is 6.08 Å². The van der Waals surface area contributed by atoms with Crippen LogP contribution in [-0.2, 0) is 16.0 Å². The van der Waals surface area contributed by atoms with Gasteiger partial charge in [0.1, 0.15) is 17.1 Å². The maximum Gasteiger partial charge on any atom is 0.342 e. The molecule has 1 aromatic carbocycles. The number of aliphatic hydroxyl groups is 1. The molecule has 0 unspecified atom stereocenters. The quantitative estimate of drug-likeness (QED) is 0.623. The number of ketones is 1. The highest BCUT2D eigenvalue weighted by Gasteiger charge is 2.52. The molecule has 1 saturated carbocycles. The van der Waals surface area contributed by atoms with E-state index in [0.29, 0.717) is 25.7 Å². The Morgan fingerprint density at radius 2 is 2.00 bits per heavy atom. The van der Waals surface area contributed by atoms with E-state index >= 15 is 0 Å². The molecule has 0 spiro atoms. The molecule has 0 saturated heterocycles. The molecule has 1 heterocycles. The van der Waals surface area contributed by atoms with Crippen LogP contribution >= 0.6 is 0 Å². The van der Waals surface area contributed by atoms with Crippen LogP contribution in [0.25, 0.3) is 0 Å². The number of phenols is 2. The maximum atomic E-state index is 12.5. The monoisotopic (exact) mass is 346 g/mol. The summed E-state index contributed by atoms with van der Waals surface area (Å²) in [6.45, 7) is 1.74. The number of cyclic esters (lactones) is 1. The number of allylic oxidation sites excluding steroid dienone is 2. The average molecular weight is 346 g/mol. The van der Waals surface area contributed by atoms with Crippen molar-refractivity contribution in [2.45, 2.75) is 50.7 Å². The highest BCUT2D eigenvalue weighted by molar-refractivity contribution is 5.98. The minimum Gasteiger partial charge on any atom is -0.508 e. The van der Waals surface area contributed by atoms with E-state index in [-0.39, 0.29) is 35.0 Å². The fourth-order valence-corrected chi connectivity index (χ4v) is 3.51. The SMILES string of the molecule is C[C@H]1C[C@H]2C[C@@]2(O)CC/C=C/C(=O)Cc2cc(O)cc(O)c2C(=O)O1. The fourth-order valence-electron chi connectivity index (χ4n) is 3.51. The fraction of sp³-hybridized carbons (Fsp3) is 0.474. The molecular weight excluding hydrogens is 324 g/mol. The van der Waals surface area contributed by atoms with Crippen molar-refractivity contribution in [2.75, 3.05) is 0 Å². The largest absolute Gasteiger partial charge is 0.508 e. The first-order chi connectivity index (χ1) is 11.8. The third kappa shape index (κ3) is 3.85. The van der Waals surface area contributed by atoms with Crippen LogP contribution in [0.5, 0.6) is 11.5 Å². The average Bonchev–Trinajstić information content (AvgIpc) is 3.11. The molecule has 0 aromatic heterocycles. The summed E-state index contributed by atoms with van der Waals surface area (Å²) in [6.07, 6.45) is 4.92. The molecule has 0 radical (unpaired) electrons. The summed E-state index contributed by atoms with van der Waals surface area (Å²) in [4.78, 5) is 24.6. The summed E-state index contributed by atoms with van der Waals surface area (Å²) in [5.41, 5.74) is -0.622. The molecule has 6 heteroatoms. The smallest absolute Gasteiger partial charge is 0.342 e. The number of benzene rings is 1. The molecule has 2 aliphatic rings. The number of esters is 1. The number of aromatic hydroxyl groups is 2. The summed E-state index contributed by atoms with van der Waals surface area (Å²) in [5, 5.41) is 30.1. The minimum atomic E-state index is -0.746. The Balaban J connectivity index is 1.92. The molecule has 134 valence electrons. The number of rotatable bonds is 0. The van der Waals surface area contributed by atoms with E-state index in [1.165, 1.54) is 12.1 Å². The van der Waals surface area contributed by atoms with E-state index in [0.717, 1.165) is 6.07 Å². The van der Waals surface area contributed by atoms with Gasteiger partial charge in [0.15, 0.2) is 5.78 Å². The van der Waals surface area contributed by atoms with Gasteiger partial charge < -0.3 is 20.1 Å². The van der Waals surface area contributed by atoms with Crippen LogP contribution in [0.4, 0.5) is 0 Å². The van der Waals surface area contributed by atoms with E-state index in [4.69, 9.17) is 4.74 Å². The molecule has 1 fully saturated rings. The molecule has 1 aliphatic heterocycles. The lowest BCUT2D eigenvalue weighted by Gasteiger charge is -2.17. The number of hydrogen-bond acceptors (Lipinski definition) is 6. The second kappa shape index (κ2) is 6.52. The standard InChI is InChI=1S/C19H22O6/c1-11-6-13-10-19(13,24)5-3-2-4-14(20)7-12-8-15(21)9-16(22)17(12)18(23)25-11/h2,4,8-9,11,13,21-22,24H,3,5-7,10H2,1H3/b4-2+/t11-,13-,19-/m0/s1. The molecule has 3 atom stereocenters. The van der Waals surface area contributed by atoms with Gasteiger partial charge in [0.25, 0.3) is 0 Å². The summed E-state index contributed by atoms with van der Waals surface area (Å²) < 4.78 is 5.40. The molecule has 0 bridgehead atoms. The van der Waals surface area contributed by atoms with Crippen LogP contribution in [0.2, 0.25) is 0 Å². The zero-order chi connectivity index (χ0) is 18.2. The van der Waals surface area contributed by atoms with Gasteiger partial charge in [-0.15, -0.1) is 0 Å². The Morgan fingerprint density at radius 3 is 2.76 bits per heavy atom. The van der Waals surface area contributed by atoms with E-state index < -0.39 is 23.4 Å². The topological polar surface area (TPSA) is 104 Å². The number of ether oxygens (including phenoxy) is 1. The van der Waals surface area contributed by atoms with Crippen LogP contribution in [0, 0.1) is 5.92 Å². The Labute approximate surface area is 145 Å². The third-order valence-corrected chi connectivity index (χ3v) is 4.92. The Morgan fingerprint density at radius 1 is 1.24 bits per heavy atom. The molecule has 3 rings (SSSR count). The molecule has 1 aromatic rings. The minimum absolute atomic E-state index is 0.0650. The van der Waals surface area contributed by atoms with Gasteiger partial charge in [-0.25, -0.2) is 4.79 Å². The van der Waals surface area contributed by atoms with Gasteiger partial charge >= 0.3 is 5.97 Å². The molecule has 6 nitrogen and oxygen atoms in total. The van der Waals surface area contributed by atoms with Gasteiger partial charge in [0.05, 0.1) is 11.7 Å². The van der Waals surface area contributed by atoms with Crippen molar-refractivity contribution < 1.29 is 29.6 Å².